The van der Waals surface area contributed by atoms with Crippen LogP contribution in [0, 0.1) is 0 Å². The van der Waals surface area contributed by atoms with Crippen molar-refractivity contribution in [3.8, 4) is 11.5 Å². The van der Waals surface area contributed by atoms with Crippen LogP contribution in [0.15, 0.2) is 12.1 Å². The minimum Gasteiger partial charge on any atom is -0.506 e. The van der Waals surface area contributed by atoms with E-state index in [4.69, 9.17) is 28.3 Å². The van der Waals surface area contributed by atoms with E-state index < -0.39 is 10.1 Å². The van der Waals surface area contributed by atoms with Gasteiger partial charge in [-0.05, 0) is 6.07 Å². The Hall–Kier alpha value is -0.650. The third-order valence-corrected chi connectivity index (χ3v) is 2.32. The van der Waals surface area contributed by atoms with E-state index in [0.29, 0.717) is 0 Å². The predicted molar refractivity (Wildman–Crippen MR) is 53.6 cm³/mol. The molecule has 0 spiro atoms. The summed E-state index contributed by atoms with van der Waals surface area (Å²) in [6, 6.07) is 2.23. The van der Waals surface area contributed by atoms with E-state index >= 15 is 0 Å². The Bertz CT molecular complexity index is 455. The van der Waals surface area contributed by atoms with E-state index in [1.165, 1.54) is 6.07 Å². The van der Waals surface area contributed by atoms with Gasteiger partial charge in [0.15, 0.2) is 5.75 Å². The van der Waals surface area contributed by atoms with Gasteiger partial charge >= 0.3 is 10.1 Å². The average Bonchev–Trinajstić information content (AvgIpc) is 1.97. The number of benzene rings is 1. The monoisotopic (exact) mass is 256 g/mol. The van der Waals surface area contributed by atoms with E-state index in [-0.39, 0.29) is 21.5 Å². The normalized spacial score (nSPS) is 11.4. The van der Waals surface area contributed by atoms with E-state index in [1.54, 1.807) is 0 Å². The van der Waals surface area contributed by atoms with Crippen molar-refractivity contribution in [2.45, 2.75) is 0 Å². The van der Waals surface area contributed by atoms with Gasteiger partial charge in [0.05, 0.1) is 16.3 Å². The van der Waals surface area contributed by atoms with Gasteiger partial charge in [0.1, 0.15) is 5.75 Å². The Morgan fingerprint density at radius 2 is 1.86 bits per heavy atom. The zero-order valence-corrected chi connectivity index (χ0v) is 9.32. The first kappa shape index (κ1) is 11.4. The highest BCUT2D eigenvalue weighted by Gasteiger charge is 2.12. The smallest absolute Gasteiger partial charge is 0.306 e. The molecule has 0 radical (unpaired) electrons. The van der Waals surface area contributed by atoms with Crippen molar-refractivity contribution in [2.24, 2.45) is 0 Å². The van der Waals surface area contributed by atoms with Crippen LogP contribution in [0.4, 0.5) is 0 Å². The second-order valence-corrected chi connectivity index (χ2v) is 4.91. The second-order valence-electron chi connectivity index (χ2n) is 2.52. The fourth-order valence-corrected chi connectivity index (χ4v) is 1.68. The Balaban J connectivity index is 3.17. The number of halogens is 2. The lowest BCUT2D eigenvalue weighted by atomic mass is 10.3. The molecule has 4 nitrogen and oxygen atoms in total. The van der Waals surface area contributed by atoms with Crippen molar-refractivity contribution < 1.29 is 17.7 Å². The molecule has 0 atom stereocenters. The zero-order chi connectivity index (χ0) is 10.9. The molecule has 78 valence electrons. The van der Waals surface area contributed by atoms with Gasteiger partial charge in [-0.3, -0.25) is 0 Å². The van der Waals surface area contributed by atoms with Crippen molar-refractivity contribution >= 4 is 33.3 Å². The van der Waals surface area contributed by atoms with Crippen LogP contribution in [0.5, 0.6) is 11.5 Å². The van der Waals surface area contributed by atoms with Gasteiger partial charge in [0.25, 0.3) is 0 Å². The van der Waals surface area contributed by atoms with Crippen molar-refractivity contribution in [3.63, 3.8) is 0 Å². The molecule has 0 aliphatic rings. The molecule has 0 unspecified atom stereocenters. The molecule has 0 saturated heterocycles. The van der Waals surface area contributed by atoms with Gasteiger partial charge < -0.3 is 9.29 Å². The van der Waals surface area contributed by atoms with Crippen LogP contribution < -0.4 is 4.18 Å². The number of phenols is 1. The maximum Gasteiger partial charge on any atom is 0.306 e. The number of hydrogen-bond donors (Lipinski definition) is 1. The minimum absolute atomic E-state index is 0.0122. The number of phenolic OH excluding ortho intramolecular Hbond substituents is 1. The summed E-state index contributed by atoms with van der Waals surface area (Å²) in [5.41, 5.74) is 0. The number of aromatic hydroxyl groups is 1. The molecule has 0 fully saturated rings. The summed E-state index contributed by atoms with van der Waals surface area (Å²) in [6.45, 7) is 0. The van der Waals surface area contributed by atoms with E-state index in [0.717, 1.165) is 12.3 Å². The molecule has 0 aliphatic heterocycles. The molecular weight excluding hydrogens is 251 g/mol. The van der Waals surface area contributed by atoms with Crippen molar-refractivity contribution in [1.82, 2.24) is 0 Å². The molecule has 0 amide bonds. The predicted octanol–water partition coefficient (Wildman–Crippen LogP) is 2.04. The van der Waals surface area contributed by atoms with Crippen LogP contribution in [-0.4, -0.2) is 19.8 Å². The van der Waals surface area contributed by atoms with Crippen LogP contribution in [0.25, 0.3) is 0 Å². The summed E-state index contributed by atoms with van der Waals surface area (Å²) >= 11 is 11.1. The maximum atomic E-state index is 10.8. The van der Waals surface area contributed by atoms with Crippen LogP contribution >= 0.6 is 23.2 Å². The molecular formula is C7H6Cl2O4S. The lowest BCUT2D eigenvalue weighted by Gasteiger charge is -2.06. The highest BCUT2D eigenvalue weighted by molar-refractivity contribution is 7.86. The first-order valence-electron chi connectivity index (χ1n) is 3.37. The Kier molecular flexibility index (Phi) is 3.14. The molecule has 0 saturated carbocycles. The molecule has 0 aliphatic carbocycles. The van der Waals surface area contributed by atoms with Crippen molar-refractivity contribution in [2.75, 3.05) is 6.26 Å². The highest BCUT2D eigenvalue weighted by atomic mass is 35.5. The highest BCUT2D eigenvalue weighted by Crippen LogP contribution is 2.35. The van der Waals surface area contributed by atoms with Gasteiger partial charge in [-0.15, -0.1) is 0 Å². The van der Waals surface area contributed by atoms with E-state index in [2.05, 4.69) is 4.18 Å². The van der Waals surface area contributed by atoms with Gasteiger partial charge in [0, 0.05) is 6.07 Å². The minimum atomic E-state index is -3.67. The first-order chi connectivity index (χ1) is 6.29. The Morgan fingerprint density at radius 3 is 2.36 bits per heavy atom. The summed E-state index contributed by atoms with van der Waals surface area (Å²) in [5.74, 6) is -0.453. The van der Waals surface area contributed by atoms with Gasteiger partial charge in [-0.2, -0.15) is 8.42 Å². The van der Waals surface area contributed by atoms with Crippen LogP contribution in [0.3, 0.4) is 0 Å². The summed E-state index contributed by atoms with van der Waals surface area (Å²) in [4.78, 5) is 0. The molecule has 0 bridgehead atoms. The topological polar surface area (TPSA) is 63.6 Å². The molecule has 14 heavy (non-hydrogen) atoms. The van der Waals surface area contributed by atoms with Crippen LogP contribution in [-0.2, 0) is 10.1 Å². The molecule has 0 heterocycles. The molecule has 1 aromatic rings. The molecule has 1 N–H and O–H groups in total. The average molecular weight is 257 g/mol. The molecule has 1 rings (SSSR count). The summed E-state index contributed by atoms with van der Waals surface area (Å²) < 4.78 is 26.0. The molecule has 0 aromatic heterocycles. The third kappa shape index (κ3) is 2.94. The zero-order valence-electron chi connectivity index (χ0n) is 6.99. The first-order valence-corrected chi connectivity index (χ1v) is 5.94. The number of rotatable bonds is 2. The Labute approximate surface area is 91.1 Å². The van der Waals surface area contributed by atoms with Gasteiger partial charge in [-0.25, -0.2) is 0 Å². The van der Waals surface area contributed by atoms with Gasteiger partial charge in [-0.1, -0.05) is 23.2 Å². The quantitative estimate of drug-likeness (QED) is 0.823. The summed E-state index contributed by atoms with van der Waals surface area (Å²) in [7, 11) is -3.67. The van der Waals surface area contributed by atoms with Crippen molar-refractivity contribution in [1.29, 1.82) is 0 Å². The summed E-state index contributed by atoms with van der Waals surface area (Å²) in [6.07, 6.45) is 0.870. The second kappa shape index (κ2) is 3.84. The fourth-order valence-electron chi connectivity index (χ4n) is 0.745. The van der Waals surface area contributed by atoms with E-state index in [1.807, 2.05) is 0 Å². The SMILES string of the molecule is CS(=O)(=O)Oc1cc(O)c(Cl)cc1Cl. The maximum absolute atomic E-state index is 10.8. The van der Waals surface area contributed by atoms with Gasteiger partial charge in [0.2, 0.25) is 0 Å². The Morgan fingerprint density at radius 1 is 1.29 bits per heavy atom. The summed E-state index contributed by atoms with van der Waals surface area (Å²) in [5, 5.41) is 9.19. The number of hydrogen-bond acceptors (Lipinski definition) is 4. The molecule has 1 aromatic carbocycles. The largest absolute Gasteiger partial charge is 0.506 e. The van der Waals surface area contributed by atoms with Crippen LogP contribution in [0.1, 0.15) is 0 Å². The van der Waals surface area contributed by atoms with E-state index in [9.17, 15) is 8.42 Å². The standard InChI is InChI=1S/C7H6Cl2O4S/c1-14(11,12)13-7-3-6(10)4(8)2-5(7)9/h2-3,10H,1H3. The lowest BCUT2D eigenvalue weighted by Crippen LogP contribution is -2.05. The van der Waals surface area contributed by atoms with Crippen LogP contribution in [0.2, 0.25) is 10.0 Å². The third-order valence-electron chi connectivity index (χ3n) is 1.24. The molecule has 7 heteroatoms. The lowest BCUT2D eigenvalue weighted by molar-refractivity contribution is 0.465. The fraction of sp³-hybridized carbons (Fsp3) is 0.143. The van der Waals surface area contributed by atoms with Crippen molar-refractivity contribution in [3.05, 3.63) is 22.2 Å².